The summed E-state index contributed by atoms with van der Waals surface area (Å²) in [5.74, 6) is -0.408. The highest BCUT2D eigenvalue weighted by molar-refractivity contribution is 7.89. The zero-order valence-electron chi connectivity index (χ0n) is 11.3. The van der Waals surface area contributed by atoms with Crippen LogP contribution >= 0.6 is 0 Å². The maximum Gasteiger partial charge on any atom is 0.266 e. The van der Waals surface area contributed by atoms with Gasteiger partial charge in [0.05, 0.1) is 4.90 Å². The van der Waals surface area contributed by atoms with Crippen molar-refractivity contribution in [2.45, 2.75) is 25.7 Å². The van der Waals surface area contributed by atoms with Crippen LogP contribution in [-0.2, 0) is 14.8 Å². The molecule has 19 heavy (non-hydrogen) atoms. The van der Waals surface area contributed by atoms with Crippen molar-refractivity contribution >= 4 is 15.9 Å². The molecule has 2 rings (SSSR count). The van der Waals surface area contributed by atoms with Crippen LogP contribution in [0.3, 0.4) is 0 Å². The van der Waals surface area contributed by atoms with Gasteiger partial charge in [0.25, 0.3) is 15.9 Å². The van der Waals surface area contributed by atoms with Gasteiger partial charge in [-0.15, -0.1) is 0 Å². The number of rotatable bonds is 2. The van der Waals surface area contributed by atoms with Crippen molar-refractivity contribution in [1.82, 2.24) is 4.31 Å². The van der Waals surface area contributed by atoms with Gasteiger partial charge in [-0.25, -0.2) is 12.7 Å². The van der Waals surface area contributed by atoms with Crippen molar-refractivity contribution < 1.29 is 13.2 Å². The fourth-order valence-corrected chi connectivity index (χ4v) is 3.39. The third kappa shape index (κ3) is 2.56. The van der Waals surface area contributed by atoms with Crippen LogP contribution in [0.1, 0.15) is 19.4 Å². The first-order chi connectivity index (χ1) is 8.82. The second-order valence-electron chi connectivity index (χ2n) is 4.98. The summed E-state index contributed by atoms with van der Waals surface area (Å²) in [6.07, 6.45) is 1.40. The van der Waals surface area contributed by atoms with Gasteiger partial charge < -0.3 is 0 Å². The highest BCUT2D eigenvalue weighted by Crippen LogP contribution is 2.24. The van der Waals surface area contributed by atoms with Gasteiger partial charge in [-0.3, -0.25) is 4.79 Å². The Morgan fingerprint density at radius 3 is 2.32 bits per heavy atom. The fraction of sp³-hybridized carbons (Fsp3) is 0.357. The van der Waals surface area contributed by atoms with Crippen LogP contribution in [0.15, 0.2) is 40.8 Å². The Balaban J connectivity index is 2.41. The number of hydrogen-bond donors (Lipinski definition) is 0. The maximum atomic E-state index is 12.4. The van der Waals surface area contributed by atoms with Gasteiger partial charge in [-0.1, -0.05) is 30.2 Å². The molecular weight excluding hydrogens is 262 g/mol. The van der Waals surface area contributed by atoms with Crippen LogP contribution in [0.4, 0.5) is 0 Å². The molecule has 0 saturated carbocycles. The van der Waals surface area contributed by atoms with Gasteiger partial charge in [0.15, 0.2) is 0 Å². The van der Waals surface area contributed by atoms with Gasteiger partial charge in [0, 0.05) is 12.6 Å². The van der Waals surface area contributed by atoms with Crippen LogP contribution in [0.5, 0.6) is 0 Å². The summed E-state index contributed by atoms with van der Waals surface area (Å²) >= 11 is 0. The standard InChI is InChI=1S/C14H17NO3S/c1-10-4-6-13(7-5-10)19(17,18)15-9-12(3)11(2)8-14(15)16/h4-8,12H,9H2,1-3H3. The molecule has 102 valence electrons. The third-order valence-corrected chi connectivity index (χ3v) is 5.20. The minimum absolute atomic E-state index is 0.0536. The van der Waals surface area contributed by atoms with Gasteiger partial charge in [-0.05, 0) is 31.9 Å². The zero-order chi connectivity index (χ0) is 14.2. The molecule has 1 atom stereocenters. The van der Waals surface area contributed by atoms with E-state index in [2.05, 4.69) is 0 Å². The van der Waals surface area contributed by atoms with Crippen molar-refractivity contribution in [1.29, 1.82) is 0 Å². The Kier molecular flexibility index (Phi) is 3.49. The summed E-state index contributed by atoms with van der Waals surface area (Å²) in [7, 11) is -3.75. The lowest BCUT2D eigenvalue weighted by Gasteiger charge is -2.29. The summed E-state index contributed by atoms with van der Waals surface area (Å²) in [5.41, 5.74) is 1.90. The first-order valence-corrected chi connectivity index (χ1v) is 7.58. The number of benzene rings is 1. The predicted octanol–water partition coefficient (Wildman–Crippen LogP) is 2.11. The van der Waals surface area contributed by atoms with Crippen molar-refractivity contribution in [2.75, 3.05) is 6.54 Å². The second kappa shape index (κ2) is 4.81. The Morgan fingerprint density at radius 1 is 1.16 bits per heavy atom. The van der Waals surface area contributed by atoms with Crippen molar-refractivity contribution in [2.24, 2.45) is 5.92 Å². The topological polar surface area (TPSA) is 54.5 Å². The minimum Gasteiger partial charge on any atom is -0.269 e. The summed E-state index contributed by atoms with van der Waals surface area (Å²) < 4.78 is 25.8. The van der Waals surface area contributed by atoms with E-state index in [1.54, 1.807) is 12.1 Å². The van der Waals surface area contributed by atoms with E-state index in [1.165, 1.54) is 18.2 Å². The molecule has 0 fully saturated rings. The van der Waals surface area contributed by atoms with Crippen LogP contribution in [0, 0.1) is 12.8 Å². The summed E-state index contributed by atoms with van der Waals surface area (Å²) in [6, 6.07) is 6.53. The van der Waals surface area contributed by atoms with E-state index in [-0.39, 0.29) is 17.4 Å². The Labute approximate surface area is 113 Å². The smallest absolute Gasteiger partial charge is 0.266 e. The Hall–Kier alpha value is -1.62. The zero-order valence-corrected chi connectivity index (χ0v) is 12.1. The Bertz CT molecular complexity index is 629. The van der Waals surface area contributed by atoms with Crippen LogP contribution in [0.2, 0.25) is 0 Å². The molecule has 1 amide bonds. The number of aryl methyl sites for hydroxylation is 1. The van der Waals surface area contributed by atoms with Crippen molar-refractivity contribution in [3.8, 4) is 0 Å². The molecule has 0 saturated heterocycles. The number of hydrogen-bond acceptors (Lipinski definition) is 3. The molecular formula is C14H17NO3S. The number of nitrogens with zero attached hydrogens (tertiary/aromatic N) is 1. The summed E-state index contributed by atoms with van der Waals surface area (Å²) in [4.78, 5) is 12.1. The second-order valence-corrected chi connectivity index (χ2v) is 6.84. The molecule has 4 nitrogen and oxygen atoms in total. The SMILES string of the molecule is CC1=CC(=O)N(S(=O)(=O)c2ccc(C)cc2)CC1C. The fourth-order valence-electron chi connectivity index (χ4n) is 1.95. The number of sulfonamides is 1. The van der Waals surface area contributed by atoms with E-state index < -0.39 is 15.9 Å². The predicted molar refractivity (Wildman–Crippen MR) is 73.0 cm³/mol. The van der Waals surface area contributed by atoms with Crippen molar-refractivity contribution in [3.05, 3.63) is 41.5 Å². The lowest BCUT2D eigenvalue weighted by atomic mass is 10.00. The lowest BCUT2D eigenvalue weighted by molar-refractivity contribution is -0.122. The van der Waals surface area contributed by atoms with Gasteiger partial charge in [0.1, 0.15) is 0 Å². The van der Waals surface area contributed by atoms with E-state index in [0.29, 0.717) is 0 Å². The highest BCUT2D eigenvalue weighted by atomic mass is 32.2. The average Bonchev–Trinajstić information content (AvgIpc) is 2.34. The van der Waals surface area contributed by atoms with Gasteiger partial charge >= 0.3 is 0 Å². The third-order valence-electron chi connectivity index (χ3n) is 3.42. The van der Waals surface area contributed by atoms with E-state index in [9.17, 15) is 13.2 Å². The summed E-state index contributed by atoms with van der Waals surface area (Å²) in [6.45, 7) is 5.85. The molecule has 1 aromatic carbocycles. The normalized spacial score (nSPS) is 20.4. The largest absolute Gasteiger partial charge is 0.269 e. The molecule has 1 aliphatic heterocycles. The molecule has 1 heterocycles. The molecule has 0 aliphatic carbocycles. The van der Waals surface area contributed by atoms with Gasteiger partial charge in [-0.2, -0.15) is 0 Å². The first kappa shape index (κ1) is 13.8. The van der Waals surface area contributed by atoms with Gasteiger partial charge in [0.2, 0.25) is 0 Å². The molecule has 0 spiro atoms. The maximum absolute atomic E-state index is 12.4. The van der Waals surface area contributed by atoms with Crippen LogP contribution < -0.4 is 0 Å². The summed E-state index contributed by atoms with van der Waals surface area (Å²) in [5, 5.41) is 0. The van der Waals surface area contributed by atoms with E-state index in [1.807, 2.05) is 20.8 Å². The average molecular weight is 279 g/mol. The van der Waals surface area contributed by atoms with E-state index in [4.69, 9.17) is 0 Å². The number of carbonyl (C=O) groups excluding carboxylic acids is 1. The molecule has 5 heteroatoms. The molecule has 1 aromatic rings. The molecule has 1 aliphatic rings. The number of carbonyl (C=O) groups is 1. The highest BCUT2D eigenvalue weighted by Gasteiger charge is 2.32. The van der Waals surface area contributed by atoms with Crippen LogP contribution in [0.25, 0.3) is 0 Å². The molecule has 0 N–H and O–H groups in total. The molecule has 0 aromatic heterocycles. The van der Waals surface area contributed by atoms with E-state index >= 15 is 0 Å². The molecule has 0 bridgehead atoms. The molecule has 0 radical (unpaired) electrons. The Morgan fingerprint density at radius 2 is 1.74 bits per heavy atom. The van der Waals surface area contributed by atoms with Crippen molar-refractivity contribution in [3.63, 3.8) is 0 Å². The van der Waals surface area contributed by atoms with Crippen LogP contribution in [-0.4, -0.2) is 25.2 Å². The lowest BCUT2D eigenvalue weighted by Crippen LogP contribution is -2.42. The number of amides is 1. The quantitative estimate of drug-likeness (QED) is 0.833. The van der Waals surface area contributed by atoms with E-state index in [0.717, 1.165) is 15.4 Å². The molecule has 1 unspecified atom stereocenters. The minimum atomic E-state index is -3.75. The first-order valence-electron chi connectivity index (χ1n) is 6.14. The monoisotopic (exact) mass is 279 g/mol.